The van der Waals surface area contributed by atoms with Crippen LogP contribution in [0.4, 0.5) is 4.39 Å². The predicted molar refractivity (Wildman–Crippen MR) is 83.9 cm³/mol. The van der Waals surface area contributed by atoms with Gasteiger partial charge in [0.1, 0.15) is 11.6 Å². The van der Waals surface area contributed by atoms with Crippen molar-refractivity contribution in [3.8, 4) is 5.75 Å². The lowest BCUT2D eigenvalue weighted by Gasteiger charge is -2.18. The number of amides is 1. The maximum absolute atomic E-state index is 14.0. The molecule has 1 aromatic carbocycles. The van der Waals surface area contributed by atoms with Crippen molar-refractivity contribution < 1.29 is 19.0 Å². The van der Waals surface area contributed by atoms with E-state index in [4.69, 9.17) is 16.3 Å². The summed E-state index contributed by atoms with van der Waals surface area (Å²) in [7, 11) is 1.48. The van der Waals surface area contributed by atoms with Gasteiger partial charge in [-0.05, 0) is 18.2 Å². The number of halogens is 2. The van der Waals surface area contributed by atoms with Crippen LogP contribution in [0.15, 0.2) is 36.5 Å². The molecule has 2 N–H and O–H groups in total. The number of carbonyl (C=O) groups excluding carboxylic acids is 1. The number of aromatic nitrogens is 1. The summed E-state index contributed by atoms with van der Waals surface area (Å²) in [5.74, 6) is -0.596. The van der Waals surface area contributed by atoms with Crippen molar-refractivity contribution in [2.45, 2.75) is 12.5 Å². The predicted octanol–water partition coefficient (Wildman–Crippen LogP) is 2.28. The van der Waals surface area contributed by atoms with Crippen LogP contribution in [0.1, 0.15) is 17.3 Å². The van der Waals surface area contributed by atoms with Crippen LogP contribution in [-0.2, 0) is 11.2 Å². The van der Waals surface area contributed by atoms with Crippen LogP contribution < -0.4 is 10.1 Å². The maximum atomic E-state index is 14.0. The van der Waals surface area contributed by atoms with Gasteiger partial charge in [0.15, 0.2) is 0 Å². The van der Waals surface area contributed by atoms with Gasteiger partial charge in [-0.15, -0.1) is 0 Å². The van der Waals surface area contributed by atoms with Gasteiger partial charge in [-0.25, -0.2) is 4.39 Å². The number of hydrogen-bond acceptors (Lipinski definition) is 4. The second-order valence-electron chi connectivity index (χ2n) is 4.77. The summed E-state index contributed by atoms with van der Waals surface area (Å²) >= 11 is 5.72. The van der Waals surface area contributed by atoms with Gasteiger partial charge in [-0.2, -0.15) is 0 Å². The van der Waals surface area contributed by atoms with E-state index in [0.717, 1.165) is 0 Å². The second kappa shape index (κ2) is 7.89. The fourth-order valence-corrected chi connectivity index (χ4v) is 2.33. The summed E-state index contributed by atoms with van der Waals surface area (Å²) in [5.41, 5.74) is 0.581. The molecule has 0 saturated carbocycles. The molecule has 2 rings (SSSR count). The fraction of sp³-hybridized carbons (Fsp3) is 0.250. The molecule has 2 aromatic rings. The number of ether oxygens (including phenoxy) is 1. The first kappa shape index (κ1) is 17.2. The van der Waals surface area contributed by atoms with E-state index < -0.39 is 24.4 Å². The number of rotatable bonds is 6. The average molecular weight is 339 g/mol. The molecule has 0 aliphatic heterocycles. The highest BCUT2D eigenvalue weighted by Gasteiger charge is 2.20. The SMILES string of the molecule is COc1cccnc1CC(=O)NC(CO)c1cccc(Cl)c1F. The van der Waals surface area contributed by atoms with Gasteiger partial charge in [-0.3, -0.25) is 9.78 Å². The zero-order valence-corrected chi connectivity index (χ0v) is 13.2. The minimum Gasteiger partial charge on any atom is -0.495 e. The van der Waals surface area contributed by atoms with Gasteiger partial charge in [-0.1, -0.05) is 23.7 Å². The summed E-state index contributed by atoms with van der Waals surface area (Å²) in [6, 6.07) is 6.90. The van der Waals surface area contributed by atoms with Crippen molar-refractivity contribution in [2.75, 3.05) is 13.7 Å². The lowest BCUT2D eigenvalue weighted by Crippen LogP contribution is -2.32. The Morgan fingerprint density at radius 1 is 1.43 bits per heavy atom. The van der Waals surface area contributed by atoms with Crippen LogP contribution >= 0.6 is 11.6 Å². The molecule has 0 aliphatic carbocycles. The van der Waals surface area contributed by atoms with Gasteiger partial charge in [0.25, 0.3) is 0 Å². The van der Waals surface area contributed by atoms with E-state index in [1.54, 1.807) is 24.4 Å². The molecule has 23 heavy (non-hydrogen) atoms. The molecular weight excluding hydrogens is 323 g/mol. The van der Waals surface area contributed by atoms with Crippen molar-refractivity contribution >= 4 is 17.5 Å². The van der Waals surface area contributed by atoms with Gasteiger partial charge in [0.2, 0.25) is 5.91 Å². The Kier molecular flexibility index (Phi) is 5.90. The van der Waals surface area contributed by atoms with Crippen LogP contribution in [0, 0.1) is 5.82 Å². The molecule has 1 atom stereocenters. The van der Waals surface area contributed by atoms with Gasteiger partial charge in [0, 0.05) is 11.8 Å². The summed E-state index contributed by atoms with van der Waals surface area (Å²) < 4.78 is 19.1. The van der Waals surface area contributed by atoms with Gasteiger partial charge < -0.3 is 15.2 Å². The Bertz CT molecular complexity index is 697. The van der Waals surface area contributed by atoms with Crippen LogP contribution in [-0.4, -0.2) is 29.7 Å². The summed E-state index contributed by atoms with van der Waals surface area (Å²) in [5, 5.41) is 11.9. The molecule has 0 spiro atoms. The van der Waals surface area contributed by atoms with Crippen molar-refractivity contribution in [3.05, 3.63) is 58.6 Å². The lowest BCUT2D eigenvalue weighted by atomic mass is 10.1. The summed E-state index contributed by atoms with van der Waals surface area (Å²) in [4.78, 5) is 16.2. The van der Waals surface area contributed by atoms with Crippen molar-refractivity contribution in [1.82, 2.24) is 10.3 Å². The Labute approximate surface area is 138 Å². The van der Waals surface area contributed by atoms with Crippen LogP contribution in [0.25, 0.3) is 0 Å². The number of pyridine rings is 1. The Hall–Kier alpha value is -2.18. The molecule has 1 amide bonds. The lowest BCUT2D eigenvalue weighted by molar-refractivity contribution is -0.121. The van der Waals surface area contributed by atoms with E-state index in [-0.39, 0.29) is 17.0 Å². The van der Waals surface area contributed by atoms with E-state index >= 15 is 0 Å². The fourth-order valence-electron chi connectivity index (χ4n) is 2.15. The number of carbonyl (C=O) groups is 1. The van der Waals surface area contributed by atoms with Gasteiger partial charge in [0.05, 0.1) is 36.9 Å². The molecule has 1 heterocycles. The molecule has 1 unspecified atom stereocenters. The smallest absolute Gasteiger partial charge is 0.226 e. The number of hydrogen-bond donors (Lipinski definition) is 2. The largest absolute Gasteiger partial charge is 0.495 e. The summed E-state index contributed by atoms with van der Waals surface area (Å²) in [6.07, 6.45) is 1.49. The topological polar surface area (TPSA) is 71.5 Å². The third-order valence-electron chi connectivity index (χ3n) is 3.27. The number of nitrogens with zero attached hydrogens (tertiary/aromatic N) is 1. The highest BCUT2D eigenvalue weighted by atomic mass is 35.5. The second-order valence-corrected chi connectivity index (χ2v) is 5.18. The molecule has 0 radical (unpaired) electrons. The van der Waals surface area contributed by atoms with E-state index in [1.807, 2.05) is 0 Å². The zero-order chi connectivity index (χ0) is 16.8. The average Bonchev–Trinajstić information content (AvgIpc) is 2.56. The molecule has 0 saturated heterocycles. The first-order chi connectivity index (χ1) is 11.1. The zero-order valence-electron chi connectivity index (χ0n) is 12.4. The van der Waals surface area contributed by atoms with E-state index in [1.165, 1.54) is 19.2 Å². The van der Waals surface area contributed by atoms with Crippen molar-refractivity contribution in [3.63, 3.8) is 0 Å². The monoisotopic (exact) mass is 338 g/mol. The van der Waals surface area contributed by atoms with E-state index in [0.29, 0.717) is 11.4 Å². The number of benzene rings is 1. The van der Waals surface area contributed by atoms with Crippen molar-refractivity contribution in [2.24, 2.45) is 0 Å². The minimum atomic E-state index is -0.893. The van der Waals surface area contributed by atoms with Gasteiger partial charge >= 0.3 is 0 Å². The summed E-state index contributed by atoms with van der Waals surface area (Å²) in [6.45, 7) is -0.456. The number of nitrogens with one attached hydrogen (secondary N) is 1. The third-order valence-corrected chi connectivity index (χ3v) is 3.56. The third kappa shape index (κ3) is 4.18. The minimum absolute atomic E-state index is 0.0529. The van der Waals surface area contributed by atoms with Crippen LogP contribution in [0.5, 0.6) is 5.75 Å². The number of aliphatic hydroxyl groups is 1. The molecule has 0 fully saturated rings. The standard InChI is InChI=1S/C16H16ClFN2O3/c1-23-14-6-3-7-19-12(14)8-15(22)20-13(9-21)10-4-2-5-11(17)16(10)18/h2-7,13,21H,8-9H2,1H3,(H,20,22). The number of aliphatic hydroxyl groups excluding tert-OH is 1. The molecule has 1 aromatic heterocycles. The van der Waals surface area contributed by atoms with Crippen molar-refractivity contribution in [1.29, 1.82) is 0 Å². The normalized spacial score (nSPS) is 11.8. The van der Waals surface area contributed by atoms with E-state index in [2.05, 4.69) is 10.3 Å². The highest BCUT2D eigenvalue weighted by molar-refractivity contribution is 6.30. The quantitative estimate of drug-likeness (QED) is 0.847. The molecule has 5 nitrogen and oxygen atoms in total. The molecule has 0 aliphatic rings. The van der Waals surface area contributed by atoms with Crippen LogP contribution in [0.3, 0.4) is 0 Å². The van der Waals surface area contributed by atoms with E-state index in [9.17, 15) is 14.3 Å². The molecular formula is C16H16ClFN2O3. The Balaban J connectivity index is 2.12. The number of methoxy groups -OCH3 is 1. The Morgan fingerprint density at radius 3 is 2.91 bits per heavy atom. The Morgan fingerprint density at radius 2 is 2.22 bits per heavy atom. The van der Waals surface area contributed by atoms with Crippen LogP contribution in [0.2, 0.25) is 5.02 Å². The molecule has 122 valence electrons. The molecule has 0 bridgehead atoms. The molecule has 7 heteroatoms. The first-order valence-electron chi connectivity index (χ1n) is 6.88. The first-order valence-corrected chi connectivity index (χ1v) is 7.26. The maximum Gasteiger partial charge on any atom is 0.226 e. The highest BCUT2D eigenvalue weighted by Crippen LogP contribution is 2.23.